The summed E-state index contributed by atoms with van der Waals surface area (Å²) in [5.74, 6) is 1.57. The number of likely N-dealkylation sites (N-methyl/N-ethyl adjacent to an activating group) is 1. The van der Waals surface area contributed by atoms with Gasteiger partial charge >= 0.3 is 6.03 Å². The van der Waals surface area contributed by atoms with Crippen molar-refractivity contribution in [1.29, 1.82) is 0 Å². The molecule has 2 aliphatic rings. The second-order valence-electron chi connectivity index (χ2n) is 7.48. The summed E-state index contributed by atoms with van der Waals surface area (Å²) in [6.07, 6.45) is 0. The van der Waals surface area contributed by atoms with Crippen LogP contribution in [0.3, 0.4) is 0 Å². The first-order valence-electron chi connectivity index (χ1n) is 9.84. The van der Waals surface area contributed by atoms with Gasteiger partial charge in [0.15, 0.2) is 11.5 Å². The lowest BCUT2D eigenvalue weighted by atomic mass is 10.0. The summed E-state index contributed by atoms with van der Waals surface area (Å²) in [5, 5.41) is 5.95. The van der Waals surface area contributed by atoms with Crippen molar-refractivity contribution in [3.05, 3.63) is 54.1 Å². The normalized spacial score (nSPS) is 21.8. The van der Waals surface area contributed by atoms with Gasteiger partial charge in [0.1, 0.15) is 32.2 Å². The van der Waals surface area contributed by atoms with E-state index >= 15 is 0 Å². The molecule has 2 aromatic rings. The number of fused-ring (bicyclic) bond motifs is 1. The monoisotopic (exact) mass is 384 g/mol. The van der Waals surface area contributed by atoms with Gasteiger partial charge in [0.2, 0.25) is 6.79 Å². The van der Waals surface area contributed by atoms with Gasteiger partial charge in [-0.25, -0.2) is 4.79 Å². The van der Waals surface area contributed by atoms with Crippen LogP contribution in [-0.4, -0.2) is 52.6 Å². The molecular formula is C21H28N4O3+2. The minimum atomic E-state index is -0.184. The van der Waals surface area contributed by atoms with Gasteiger partial charge in [-0.15, -0.1) is 0 Å². The third kappa shape index (κ3) is 4.37. The Kier molecular flexibility index (Phi) is 5.64. The van der Waals surface area contributed by atoms with E-state index in [4.69, 9.17) is 9.47 Å². The first-order valence-corrected chi connectivity index (χ1v) is 9.84. The quantitative estimate of drug-likeness (QED) is 0.572. The molecular weight excluding hydrogens is 356 g/mol. The first kappa shape index (κ1) is 18.6. The lowest BCUT2D eigenvalue weighted by molar-refractivity contribution is -1.02. The van der Waals surface area contributed by atoms with Gasteiger partial charge in [-0.1, -0.05) is 18.2 Å². The number of quaternary nitrogens is 2. The van der Waals surface area contributed by atoms with Crippen molar-refractivity contribution in [2.24, 2.45) is 0 Å². The number of anilines is 1. The number of carbonyl (C=O) groups is 1. The molecule has 1 saturated heterocycles. The van der Waals surface area contributed by atoms with Crippen molar-refractivity contribution >= 4 is 11.7 Å². The zero-order chi connectivity index (χ0) is 19.3. The second kappa shape index (κ2) is 8.50. The van der Waals surface area contributed by atoms with Gasteiger partial charge in [-0.3, -0.25) is 0 Å². The largest absolute Gasteiger partial charge is 0.454 e. The molecule has 0 saturated carbocycles. The Hall–Kier alpha value is -2.77. The molecule has 28 heavy (non-hydrogen) atoms. The zero-order valence-electron chi connectivity index (χ0n) is 16.2. The highest BCUT2D eigenvalue weighted by Crippen LogP contribution is 2.33. The number of para-hydroxylation sites is 1. The predicted octanol–water partition coefficient (Wildman–Crippen LogP) is -0.309. The predicted molar refractivity (Wildman–Crippen MR) is 106 cm³/mol. The number of carbonyl (C=O) groups excluding carboxylic acids is 1. The third-order valence-electron chi connectivity index (χ3n) is 5.54. The standard InChI is InChI=1S/C21H26N4O3/c1-24-9-11-25(12-10-24)18(16-7-8-19-20(13-16)28-15-27-19)14-22-21(26)23-17-5-3-2-4-6-17/h2-8,13,18H,9-12,14-15H2,1H3,(H2,22,23,26)/p+2/t18-/m1/s1. The van der Waals surface area contributed by atoms with Crippen LogP contribution in [0.4, 0.5) is 10.5 Å². The Morgan fingerprint density at radius 2 is 1.79 bits per heavy atom. The third-order valence-corrected chi connectivity index (χ3v) is 5.54. The number of rotatable bonds is 5. The molecule has 2 heterocycles. The van der Waals surface area contributed by atoms with E-state index in [1.165, 1.54) is 10.5 Å². The number of ether oxygens (including phenoxy) is 2. The summed E-state index contributed by atoms with van der Waals surface area (Å²) in [7, 11) is 2.23. The molecule has 1 fully saturated rings. The Labute approximate surface area is 165 Å². The van der Waals surface area contributed by atoms with E-state index in [1.807, 2.05) is 36.4 Å². The molecule has 0 spiro atoms. The van der Waals surface area contributed by atoms with E-state index < -0.39 is 0 Å². The number of hydrogen-bond acceptors (Lipinski definition) is 3. The van der Waals surface area contributed by atoms with Crippen LogP contribution in [0.2, 0.25) is 0 Å². The second-order valence-corrected chi connectivity index (χ2v) is 7.48. The average molecular weight is 384 g/mol. The Balaban J connectivity index is 1.46. The van der Waals surface area contributed by atoms with Gasteiger partial charge in [-0.05, 0) is 30.3 Å². The van der Waals surface area contributed by atoms with Gasteiger partial charge in [0, 0.05) is 11.3 Å². The van der Waals surface area contributed by atoms with Crippen LogP contribution in [0.1, 0.15) is 11.6 Å². The minimum absolute atomic E-state index is 0.170. The summed E-state index contributed by atoms with van der Waals surface area (Å²) in [6.45, 7) is 5.25. The fraction of sp³-hybridized carbons (Fsp3) is 0.381. The van der Waals surface area contributed by atoms with Crippen molar-refractivity contribution < 1.29 is 24.1 Å². The van der Waals surface area contributed by atoms with Crippen molar-refractivity contribution in [3.8, 4) is 11.5 Å². The van der Waals surface area contributed by atoms with Crippen molar-refractivity contribution in [2.75, 3.05) is 51.9 Å². The molecule has 7 heteroatoms. The molecule has 0 radical (unpaired) electrons. The summed E-state index contributed by atoms with van der Waals surface area (Å²) in [4.78, 5) is 15.4. The fourth-order valence-electron chi connectivity index (χ4n) is 3.87. The number of amides is 2. The maximum absolute atomic E-state index is 12.4. The topological polar surface area (TPSA) is 68.5 Å². The van der Waals surface area contributed by atoms with E-state index in [-0.39, 0.29) is 18.9 Å². The smallest absolute Gasteiger partial charge is 0.319 e. The molecule has 0 aliphatic carbocycles. The molecule has 2 amide bonds. The first-order chi connectivity index (χ1) is 13.7. The van der Waals surface area contributed by atoms with E-state index in [9.17, 15) is 4.79 Å². The zero-order valence-corrected chi connectivity index (χ0v) is 16.2. The number of nitrogens with one attached hydrogen (secondary N) is 4. The van der Waals surface area contributed by atoms with Gasteiger partial charge in [0.05, 0.1) is 13.6 Å². The highest BCUT2D eigenvalue weighted by molar-refractivity contribution is 5.89. The van der Waals surface area contributed by atoms with E-state index in [0.29, 0.717) is 6.54 Å². The van der Waals surface area contributed by atoms with Crippen molar-refractivity contribution in [1.82, 2.24) is 5.32 Å². The summed E-state index contributed by atoms with van der Waals surface area (Å²) >= 11 is 0. The summed E-state index contributed by atoms with van der Waals surface area (Å²) in [5.41, 5.74) is 1.95. The van der Waals surface area contributed by atoms with E-state index in [0.717, 1.165) is 43.4 Å². The van der Waals surface area contributed by atoms with Crippen molar-refractivity contribution in [2.45, 2.75) is 6.04 Å². The Morgan fingerprint density at radius 3 is 2.57 bits per heavy atom. The maximum atomic E-state index is 12.4. The molecule has 2 aromatic carbocycles. The van der Waals surface area contributed by atoms with E-state index in [1.54, 1.807) is 4.90 Å². The number of hydrogen-bond donors (Lipinski definition) is 4. The molecule has 0 aromatic heterocycles. The van der Waals surface area contributed by atoms with Crippen LogP contribution in [-0.2, 0) is 0 Å². The lowest BCUT2D eigenvalue weighted by Crippen LogP contribution is -3.27. The molecule has 2 aliphatic heterocycles. The van der Waals surface area contributed by atoms with Crippen LogP contribution in [0, 0.1) is 0 Å². The number of piperazine rings is 1. The highest BCUT2D eigenvalue weighted by atomic mass is 16.7. The molecule has 4 N–H and O–H groups in total. The van der Waals surface area contributed by atoms with E-state index in [2.05, 4.69) is 29.8 Å². The number of urea groups is 1. The molecule has 7 nitrogen and oxygen atoms in total. The minimum Gasteiger partial charge on any atom is -0.454 e. The van der Waals surface area contributed by atoms with Crippen LogP contribution < -0.4 is 29.9 Å². The van der Waals surface area contributed by atoms with Crippen LogP contribution in [0.5, 0.6) is 11.5 Å². The van der Waals surface area contributed by atoms with Crippen LogP contribution in [0.15, 0.2) is 48.5 Å². The number of benzene rings is 2. The molecule has 148 valence electrons. The molecule has 0 bridgehead atoms. The SMILES string of the molecule is C[NH+]1CC[NH+]([C@H](CNC(=O)Nc2ccccc2)c2ccc3c(c2)OCO3)CC1. The molecule has 1 atom stereocenters. The summed E-state index contributed by atoms with van der Waals surface area (Å²) < 4.78 is 11.0. The van der Waals surface area contributed by atoms with Crippen LogP contribution >= 0.6 is 0 Å². The van der Waals surface area contributed by atoms with Crippen molar-refractivity contribution in [3.63, 3.8) is 0 Å². The van der Waals surface area contributed by atoms with Crippen LogP contribution in [0.25, 0.3) is 0 Å². The van der Waals surface area contributed by atoms with Gasteiger partial charge in [0.25, 0.3) is 0 Å². The Morgan fingerprint density at radius 1 is 1.04 bits per heavy atom. The maximum Gasteiger partial charge on any atom is 0.319 e. The van der Waals surface area contributed by atoms with Gasteiger partial charge in [-0.2, -0.15) is 0 Å². The summed E-state index contributed by atoms with van der Waals surface area (Å²) in [6, 6.07) is 15.6. The fourth-order valence-corrected chi connectivity index (χ4v) is 3.87. The lowest BCUT2D eigenvalue weighted by Gasteiger charge is -2.33. The molecule has 0 unspecified atom stereocenters. The Bertz CT molecular complexity index is 807. The highest BCUT2D eigenvalue weighted by Gasteiger charge is 2.31. The average Bonchev–Trinajstić information content (AvgIpc) is 3.18. The van der Waals surface area contributed by atoms with Gasteiger partial charge < -0.3 is 29.9 Å². The molecule has 4 rings (SSSR count).